The van der Waals surface area contributed by atoms with Crippen LogP contribution in [0.3, 0.4) is 0 Å². The van der Waals surface area contributed by atoms with Crippen molar-refractivity contribution in [2.45, 2.75) is 37.6 Å². The minimum Gasteiger partial charge on any atom is -0.465 e. The van der Waals surface area contributed by atoms with E-state index in [0.717, 1.165) is 30.5 Å². The average Bonchev–Trinajstić information content (AvgIpc) is 3.39. The predicted octanol–water partition coefficient (Wildman–Crippen LogP) is 3.25. The Bertz CT molecular complexity index is 769. The first-order chi connectivity index (χ1) is 12.6. The van der Waals surface area contributed by atoms with Crippen LogP contribution in [0.15, 0.2) is 48.5 Å². The molecular weight excluding hydrogens is 328 g/mol. The van der Waals surface area contributed by atoms with Crippen LogP contribution in [0.2, 0.25) is 0 Å². The molecule has 0 bridgehead atoms. The van der Waals surface area contributed by atoms with Crippen molar-refractivity contribution in [2.75, 3.05) is 12.4 Å². The highest BCUT2D eigenvalue weighted by Crippen LogP contribution is 2.39. The van der Waals surface area contributed by atoms with Crippen LogP contribution in [0.25, 0.3) is 0 Å². The van der Waals surface area contributed by atoms with E-state index in [9.17, 15) is 9.59 Å². The summed E-state index contributed by atoms with van der Waals surface area (Å²) in [7, 11) is 1.36. The fraction of sp³-hybridized carbons (Fsp3) is 0.333. The number of carbonyl (C=O) groups is 2. The minimum absolute atomic E-state index is 0.00653. The third-order valence-electron chi connectivity index (χ3n) is 4.71. The van der Waals surface area contributed by atoms with Gasteiger partial charge in [0.25, 0.3) is 0 Å². The number of aryl methyl sites for hydroxylation is 1. The van der Waals surface area contributed by atoms with Crippen LogP contribution in [0.1, 0.15) is 46.7 Å². The smallest absolute Gasteiger partial charge is 0.337 e. The Balaban J connectivity index is 1.42. The van der Waals surface area contributed by atoms with E-state index in [1.165, 1.54) is 12.7 Å². The maximum atomic E-state index is 12.1. The second-order valence-corrected chi connectivity index (χ2v) is 6.72. The largest absolute Gasteiger partial charge is 0.465 e. The Morgan fingerprint density at radius 3 is 2.35 bits per heavy atom. The van der Waals surface area contributed by atoms with Gasteiger partial charge in [-0.1, -0.05) is 24.3 Å². The molecule has 1 saturated carbocycles. The first-order valence-electron chi connectivity index (χ1n) is 8.89. The quantitative estimate of drug-likeness (QED) is 0.750. The molecule has 0 aromatic heterocycles. The molecule has 5 nitrogen and oxygen atoms in total. The summed E-state index contributed by atoms with van der Waals surface area (Å²) in [5.41, 5.74) is 9.54. The Labute approximate surface area is 153 Å². The maximum Gasteiger partial charge on any atom is 0.337 e. The maximum absolute atomic E-state index is 12.1. The molecule has 3 rings (SSSR count). The third kappa shape index (κ3) is 4.70. The van der Waals surface area contributed by atoms with Gasteiger partial charge < -0.3 is 15.8 Å². The fourth-order valence-corrected chi connectivity index (χ4v) is 3.01. The molecule has 1 unspecified atom stereocenters. The highest BCUT2D eigenvalue weighted by Gasteiger charge is 2.34. The molecule has 5 heteroatoms. The Morgan fingerprint density at radius 2 is 1.77 bits per heavy atom. The van der Waals surface area contributed by atoms with Gasteiger partial charge >= 0.3 is 5.97 Å². The normalized spacial score (nSPS) is 18.2. The van der Waals surface area contributed by atoms with E-state index in [-0.39, 0.29) is 17.9 Å². The SMILES string of the molecule is COC(=O)c1ccc(CCCC(=O)Nc2ccc([C@H]3CC3N)cc2)cc1. The van der Waals surface area contributed by atoms with Gasteiger partial charge in [0.1, 0.15) is 0 Å². The van der Waals surface area contributed by atoms with E-state index in [2.05, 4.69) is 10.1 Å². The van der Waals surface area contributed by atoms with Gasteiger partial charge in [-0.25, -0.2) is 4.79 Å². The fourth-order valence-electron chi connectivity index (χ4n) is 3.01. The van der Waals surface area contributed by atoms with E-state index < -0.39 is 0 Å². The van der Waals surface area contributed by atoms with Gasteiger partial charge in [-0.2, -0.15) is 0 Å². The Hall–Kier alpha value is -2.66. The number of benzene rings is 2. The lowest BCUT2D eigenvalue weighted by atomic mass is 10.1. The second kappa shape index (κ2) is 8.15. The number of rotatable bonds is 7. The number of nitrogens with one attached hydrogen (secondary N) is 1. The van der Waals surface area contributed by atoms with Crippen molar-refractivity contribution in [3.05, 3.63) is 65.2 Å². The predicted molar refractivity (Wildman–Crippen MR) is 101 cm³/mol. The molecule has 1 aliphatic carbocycles. The topological polar surface area (TPSA) is 81.4 Å². The van der Waals surface area contributed by atoms with Crippen molar-refractivity contribution in [1.82, 2.24) is 0 Å². The lowest BCUT2D eigenvalue weighted by Gasteiger charge is -2.07. The summed E-state index contributed by atoms with van der Waals surface area (Å²) >= 11 is 0. The van der Waals surface area contributed by atoms with Crippen LogP contribution in [0, 0.1) is 0 Å². The molecule has 0 radical (unpaired) electrons. The van der Waals surface area contributed by atoms with Gasteiger partial charge in [-0.05, 0) is 54.7 Å². The van der Waals surface area contributed by atoms with Crippen molar-refractivity contribution >= 4 is 17.6 Å². The van der Waals surface area contributed by atoms with Crippen molar-refractivity contribution in [3.63, 3.8) is 0 Å². The number of hydrogen-bond acceptors (Lipinski definition) is 4. The number of methoxy groups -OCH3 is 1. The van der Waals surface area contributed by atoms with Crippen molar-refractivity contribution in [2.24, 2.45) is 5.73 Å². The van der Waals surface area contributed by atoms with E-state index in [4.69, 9.17) is 5.73 Å². The lowest BCUT2D eigenvalue weighted by molar-refractivity contribution is -0.116. The summed E-state index contributed by atoms with van der Waals surface area (Å²) in [5, 5.41) is 2.93. The third-order valence-corrected chi connectivity index (χ3v) is 4.71. The molecular formula is C21H24N2O3. The molecule has 0 heterocycles. The Kier molecular flexibility index (Phi) is 5.68. The Morgan fingerprint density at radius 1 is 1.12 bits per heavy atom. The van der Waals surface area contributed by atoms with Crippen LogP contribution >= 0.6 is 0 Å². The van der Waals surface area contributed by atoms with Crippen LogP contribution in [-0.2, 0) is 16.0 Å². The first kappa shape index (κ1) is 18.1. The minimum atomic E-state index is -0.342. The molecule has 0 saturated heterocycles. The van der Waals surface area contributed by atoms with Crippen LogP contribution < -0.4 is 11.1 Å². The number of anilines is 1. The van der Waals surface area contributed by atoms with Gasteiger partial charge in [0.2, 0.25) is 5.91 Å². The van der Waals surface area contributed by atoms with Gasteiger partial charge in [0, 0.05) is 24.1 Å². The molecule has 3 N–H and O–H groups in total. The molecule has 2 aromatic rings. The molecule has 2 aromatic carbocycles. The van der Waals surface area contributed by atoms with Gasteiger partial charge in [-0.3, -0.25) is 4.79 Å². The van der Waals surface area contributed by atoms with E-state index in [1.807, 2.05) is 36.4 Å². The summed E-state index contributed by atoms with van der Waals surface area (Å²) in [6, 6.07) is 15.5. The molecule has 0 spiro atoms. The number of nitrogens with two attached hydrogens (primary N) is 1. The molecule has 26 heavy (non-hydrogen) atoms. The van der Waals surface area contributed by atoms with Gasteiger partial charge in [0.15, 0.2) is 0 Å². The van der Waals surface area contributed by atoms with Crippen LogP contribution in [0.4, 0.5) is 5.69 Å². The summed E-state index contributed by atoms with van der Waals surface area (Å²) in [5.74, 6) is 0.142. The second-order valence-electron chi connectivity index (χ2n) is 6.72. The van der Waals surface area contributed by atoms with E-state index in [0.29, 0.717) is 17.9 Å². The summed E-state index contributed by atoms with van der Waals surface area (Å²) in [4.78, 5) is 23.5. The molecule has 136 valence electrons. The zero-order valence-electron chi connectivity index (χ0n) is 14.9. The number of hydrogen-bond donors (Lipinski definition) is 2. The average molecular weight is 352 g/mol. The molecule has 1 aliphatic rings. The van der Waals surface area contributed by atoms with E-state index >= 15 is 0 Å². The van der Waals surface area contributed by atoms with E-state index in [1.54, 1.807) is 12.1 Å². The first-order valence-corrected chi connectivity index (χ1v) is 8.89. The number of amides is 1. The van der Waals surface area contributed by atoms with Crippen molar-refractivity contribution in [3.8, 4) is 0 Å². The van der Waals surface area contributed by atoms with Crippen molar-refractivity contribution in [1.29, 1.82) is 0 Å². The summed E-state index contributed by atoms with van der Waals surface area (Å²) in [6.07, 6.45) is 3.03. The summed E-state index contributed by atoms with van der Waals surface area (Å²) in [6.45, 7) is 0. The zero-order chi connectivity index (χ0) is 18.5. The zero-order valence-corrected chi connectivity index (χ0v) is 14.9. The number of ether oxygens (including phenoxy) is 1. The van der Waals surface area contributed by atoms with Gasteiger partial charge in [0.05, 0.1) is 12.7 Å². The molecule has 1 fully saturated rings. The highest BCUT2D eigenvalue weighted by atomic mass is 16.5. The molecule has 2 atom stereocenters. The van der Waals surface area contributed by atoms with Gasteiger partial charge in [-0.15, -0.1) is 0 Å². The highest BCUT2D eigenvalue weighted by molar-refractivity contribution is 5.90. The van der Waals surface area contributed by atoms with Crippen LogP contribution in [0.5, 0.6) is 0 Å². The van der Waals surface area contributed by atoms with Crippen LogP contribution in [-0.4, -0.2) is 25.0 Å². The molecule has 0 aliphatic heterocycles. The monoisotopic (exact) mass is 352 g/mol. The summed E-state index contributed by atoms with van der Waals surface area (Å²) < 4.78 is 4.68. The van der Waals surface area contributed by atoms with Crippen molar-refractivity contribution < 1.29 is 14.3 Å². The molecule has 1 amide bonds. The number of carbonyl (C=O) groups excluding carboxylic acids is 2. The lowest BCUT2D eigenvalue weighted by Crippen LogP contribution is -2.11. The number of esters is 1. The standard InChI is InChI=1S/C21H24N2O3/c1-26-21(25)16-7-5-14(6-8-16)3-2-4-20(24)23-17-11-9-15(10-12-17)18-13-19(18)22/h5-12,18-19H,2-4,13,22H2,1H3,(H,23,24)/t18-,19?/m1/s1.